The van der Waals surface area contributed by atoms with Crippen molar-refractivity contribution in [2.24, 2.45) is 11.8 Å². The van der Waals surface area contributed by atoms with Crippen molar-refractivity contribution in [1.82, 2.24) is 0 Å². The fourth-order valence-electron chi connectivity index (χ4n) is 1.73. The molecule has 0 bridgehead atoms. The molecule has 0 saturated heterocycles. The molecule has 0 radical (unpaired) electrons. The summed E-state index contributed by atoms with van der Waals surface area (Å²) in [7, 11) is 1.72. The van der Waals surface area contributed by atoms with Gasteiger partial charge in [0.15, 0.2) is 0 Å². The van der Waals surface area contributed by atoms with Gasteiger partial charge in [-0.2, -0.15) is 0 Å². The summed E-state index contributed by atoms with van der Waals surface area (Å²) >= 11 is 0. The molecule has 1 aliphatic rings. The van der Waals surface area contributed by atoms with E-state index in [4.69, 9.17) is 4.74 Å². The molecule has 1 aliphatic carbocycles. The Morgan fingerprint density at radius 1 is 1.16 bits per heavy atom. The van der Waals surface area contributed by atoms with E-state index >= 15 is 0 Å². The third-order valence-electron chi connectivity index (χ3n) is 2.55. The van der Waals surface area contributed by atoms with Crippen LogP contribution in [0.25, 0.3) is 0 Å². The van der Waals surface area contributed by atoms with Gasteiger partial charge in [0.25, 0.3) is 0 Å². The first-order chi connectivity index (χ1) is 8.99. The molecular weight excluding hydrogens is 232 g/mol. The number of rotatable bonds is 3. The second-order valence-electron chi connectivity index (χ2n) is 5.18. The minimum absolute atomic E-state index is 0.647. The lowest BCUT2D eigenvalue weighted by Gasteiger charge is -2.09. The van der Waals surface area contributed by atoms with Crippen LogP contribution in [0.15, 0.2) is 35.5 Å². The van der Waals surface area contributed by atoms with Gasteiger partial charge in [-0.1, -0.05) is 71.4 Å². The van der Waals surface area contributed by atoms with E-state index in [1.807, 2.05) is 13.8 Å². The van der Waals surface area contributed by atoms with Crippen molar-refractivity contribution in [3.05, 3.63) is 35.5 Å². The Labute approximate surface area is 121 Å². The summed E-state index contributed by atoms with van der Waals surface area (Å²) in [4.78, 5) is 0. The van der Waals surface area contributed by atoms with Crippen molar-refractivity contribution < 1.29 is 4.74 Å². The van der Waals surface area contributed by atoms with E-state index in [0.29, 0.717) is 11.8 Å². The summed E-state index contributed by atoms with van der Waals surface area (Å²) in [5, 5.41) is 0. The molecule has 0 fully saturated rings. The summed E-state index contributed by atoms with van der Waals surface area (Å²) in [6.07, 6.45) is 9.94. The minimum Gasteiger partial charge on any atom is -0.384 e. The first-order valence-electron chi connectivity index (χ1n) is 7.51. The van der Waals surface area contributed by atoms with Gasteiger partial charge in [-0.3, -0.25) is 0 Å². The van der Waals surface area contributed by atoms with E-state index in [0.717, 1.165) is 13.0 Å². The SMILES string of the molecule is CC.CC1=CCC=CC=C1C(C)C.COCC(C)C. The highest BCUT2D eigenvalue weighted by atomic mass is 16.5. The van der Waals surface area contributed by atoms with Crippen molar-refractivity contribution in [3.63, 3.8) is 0 Å². The van der Waals surface area contributed by atoms with Gasteiger partial charge in [-0.25, -0.2) is 0 Å². The Bertz CT molecular complexity index is 280. The summed E-state index contributed by atoms with van der Waals surface area (Å²) < 4.78 is 4.80. The van der Waals surface area contributed by atoms with Crippen molar-refractivity contribution in [1.29, 1.82) is 0 Å². The lowest BCUT2D eigenvalue weighted by molar-refractivity contribution is 0.167. The van der Waals surface area contributed by atoms with Crippen LogP contribution < -0.4 is 0 Å². The van der Waals surface area contributed by atoms with E-state index in [9.17, 15) is 0 Å². The third-order valence-corrected chi connectivity index (χ3v) is 2.55. The summed E-state index contributed by atoms with van der Waals surface area (Å²) in [6.45, 7) is 15.8. The van der Waals surface area contributed by atoms with Crippen LogP contribution in [0.2, 0.25) is 0 Å². The topological polar surface area (TPSA) is 9.23 Å². The van der Waals surface area contributed by atoms with Gasteiger partial charge < -0.3 is 4.74 Å². The highest BCUT2D eigenvalue weighted by molar-refractivity contribution is 5.36. The quantitative estimate of drug-likeness (QED) is 0.628. The van der Waals surface area contributed by atoms with Gasteiger partial charge in [-0.05, 0) is 30.8 Å². The maximum atomic E-state index is 4.80. The van der Waals surface area contributed by atoms with E-state index in [2.05, 4.69) is 58.9 Å². The van der Waals surface area contributed by atoms with Crippen molar-refractivity contribution in [3.8, 4) is 0 Å². The van der Waals surface area contributed by atoms with Gasteiger partial charge in [0, 0.05) is 13.7 Å². The molecule has 1 heteroatoms. The highest BCUT2D eigenvalue weighted by Gasteiger charge is 2.04. The third kappa shape index (κ3) is 12.0. The zero-order chi connectivity index (χ0) is 15.3. The van der Waals surface area contributed by atoms with Crippen LogP contribution in [0.3, 0.4) is 0 Å². The number of hydrogen-bond acceptors (Lipinski definition) is 1. The monoisotopic (exact) mass is 266 g/mol. The van der Waals surface area contributed by atoms with Crippen LogP contribution >= 0.6 is 0 Å². The summed E-state index contributed by atoms with van der Waals surface area (Å²) in [5.41, 5.74) is 2.91. The van der Waals surface area contributed by atoms with Crippen LogP contribution in [0.5, 0.6) is 0 Å². The lowest BCUT2D eigenvalue weighted by atomic mass is 9.96. The van der Waals surface area contributed by atoms with E-state index in [-0.39, 0.29) is 0 Å². The van der Waals surface area contributed by atoms with Gasteiger partial charge >= 0.3 is 0 Å². The Kier molecular flexibility index (Phi) is 14.7. The molecule has 0 aliphatic heterocycles. The molecule has 1 rings (SSSR count). The first-order valence-corrected chi connectivity index (χ1v) is 7.51. The molecule has 0 atom stereocenters. The van der Waals surface area contributed by atoms with Gasteiger partial charge in [0.05, 0.1) is 0 Å². The molecule has 19 heavy (non-hydrogen) atoms. The molecule has 1 nitrogen and oxygen atoms in total. The molecule has 0 aromatic rings. The zero-order valence-corrected chi connectivity index (χ0v) is 14.3. The van der Waals surface area contributed by atoms with E-state index in [1.165, 1.54) is 11.1 Å². The minimum atomic E-state index is 0.647. The second kappa shape index (κ2) is 13.6. The number of methoxy groups -OCH3 is 1. The molecule has 0 aromatic heterocycles. The average molecular weight is 266 g/mol. The van der Waals surface area contributed by atoms with Crippen LogP contribution in [-0.2, 0) is 4.74 Å². The maximum Gasteiger partial charge on any atom is 0.0485 e. The zero-order valence-electron chi connectivity index (χ0n) is 14.3. The molecule has 0 amide bonds. The van der Waals surface area contributed by atoms with Crippen molar-refractivity contribution >= 4 is 0 Å². The summed E-state index contributed by atoms with van der Waals surface area (Å²) in [6, 6.07) is 0. The van der Waals surface area contributed by atoms with Crippen LogP contribution in [0.4, 0.5) is 0 Å². The van der Waals surface area contributed by atoms with Crippen LogP contribution in [-0.4, -0.2) is 13.7 Å². The molecular formula is C18H34O. The van der Waals surface area contributed by atoms with Crippen LogP contribution in [0.1, 0.15) is 54.9 Å². The smallest absolute Gasteiger partial charge is 0.0485 e. The normalized spacial score (nSPS) is 13.8. The molecule has 0 unspecified atom stereocenters. The predicted octanol–water partition coefficient (Wildman–Crippen LogP) is 5.79. The van der Waals surface area contributed by atoms with E-state index < -0.39 is 0 Å². The predicted molar refractivity (Wildman–Crippen MR) is 88.5 cm³/mol. The van der Waals surface area contributed by atoms with Crippen LogP contribution in [0, 0.1) is 11.8 Å². The second-order valence-corrected chi connectivity index (χ2v) is 5.18. The van der Waals surface area contributed by atoms with Gasteiger partial charge in [-0.15, -0.1) is 0 Å². The summed E-state index contributed by atoms with van der Waals surface area (Å²) in [5.74, 6) is 1.32. The fourth-order valence-corrected chi connectivity index (χ4v) is 1.73. The number of allylic oxidation sites excluding steroid dienone is 6. The number of ether oxygens (including phenoxy) is 1. The van der Waals surface area contributed by atoms with Crippen molar-refractivity contribution in [2.75, 3.05) is 13.7 Å². The van der Waals surface area contributed by atoms with E-state index in [1.54, 1.807) is 7.11 Å². The number of hydrogen-bond donors (Lipinski definition) is 0. The maximum absolute atomic E-state index is 4.80. The molecule has 0 heterocycles. The lowest BCUT2D eigenvalue weighted by Crippen LogP contribution is -1.96. The molecule has 112 valence electrons. The van der Waals surface area contributed by atoms with Gasteiger partial charge in [0.2, 0.25) is 0 Å². The van der Waals surface area contributed by atoms with Crippen molar-refractivity contribution in [2.45, 2.75) is 54.9 Å². The standard InChI is InChI=1S/C11H16.C5H12O.C2H6/c1-9(2)11-8-6-4-5-7-10(11)3;1-5(2)4-6-3;1-2/h4,6-9H,5H2,1-3H3;5H,4H2,1-3H3;1-2H3. The Hall–Kier alpha value is -0.820. The first kappa shape index (κ1) is 20.5. The highest BCUT2D eigenvalue weighted by Crippen LogP contribution is 2.21. The molecule has 0 N–H and O–H groups in total. The fraction of sp³-hybridized carbons (Fsp3) is 0.667. The Balaban J connectivity index is 0. The van der Waals surface area contributed by atoms with Gasteiger partial charge in [0.1, 0.15) is 0 Å². The average Bonchev–Trinajstić information content (AvgIpc) is 2.57. The molecule has 0 saturated carbocycles. The largest absolute Gasteiger partial charge is 0.384 e. The Morgan fingerprint density at radius 3 is 2.11 bits per heavy atom. The molecule has 0 aromatic carbocycles. The molecule has 0 spiro atoms. The Morgan fingerprint density at radius 2 is 1.74 bits per heavy atom.